The average molecular weight is 405 g/mol. The molecule has 1 amide bonds. The number of hydrogen-bond donors (Lipinski definition) is 1. The van der Waals surface area contributed by atoms with E-state index in [0.29, 0.717) is 17.0 Å². The molecule has 0 radical (unpaired) electrons. The van der Waals surface area contributed by atoms with E-state index in [4.69, 9.17) is 0 Å². The van der Waals surface area contributed by atoms with Gasteiger partial charge in [0.25, 0.3) is 0 Å². The van der Waals surface area contributed by atoms with E-state index in [1.54, 1.807) is 11.1 Å². The summed E-state index contributed by atoms with van der Waals surface area (Å²) in [6.07, 6.45) is -2.71. The normalized spacial score (nSPS) is 18.9. The molecule has 0 spiro atoms. The number of aliphatic imine (C=N–C) groups is 1. The number of hydrogen-bond acceptors (Lipinski definition) is 3. The minimum Gasteiger partial charge on any atom is -0.273 e. The van der Waals surface area contributed by atoms with Crippen LogP contribution in [0.2, 0.25) is 0 Å². The van der Waals surface area contributed by atoms with Gasteiger partial charge < -0.3 is 0 Å². The van der Waals surface area contributed by atoms with Gasteiger partial charge in [-0.05, 0) is 49.6 Å². The maximum Gasteiger partial charge on any atom is 0.416 e. The highest BCUT2D eigenvalue weighted by Crippen LogP contribution is 2.43. The van der Waals surface area contributed by atoms with E-state index in [0.717, 1.165) is 25.0 Å². The van der Waals surface area contributed by atoms with E-state index in [1.807, 2.05) is 6.92 Å². The number of amides is 1. The van der Waals surface area contributed by atoms with Crippen molar-refractivity contribution in [3.8, 4) is 0 Å². The molecule has 8 heteroatoms. The first-order valence-corrected chi connectivity index (χ1v) is 9.35. The van der Waals surface area contributed by atoms with Gasteiger partial charge in [-0.25, -0.2) is 9.38 Å². The quantitative estimate of drug-likeness (QED) is 0.733. The Bertz CT molecular complexity index is 982. The van der Waals surface area contributed by atoms with Crippen LogP contribution in [0.1, 0.15) is 42.5 Å². The van der Waals surface area contributed by atoms with Gasteiger partial charge in [-0.15, -0.1) is 0 Å². The number of fused-ring (bicyclic) bond motifs is 1. The number of rotatable bonds is 4. The zero-order valence-electron chi connectivity index (χ0n) is 15.6. The number of nitrogens with one attached hydrogen (secondary N) is 1. The lowest BCUT2D eigenvalue weighted by molar-refractivity contribution is -0.137. The van der Waals surface area contributed by atoms with Crippen molar-refractivity contribution in [3.63, 3.8) is 0 Å². The first-order valence-electron chi connectivity index (χ1n) is 9.35. The summed E-state index contributed by atoms with van der Waals surface area (Å²) in [6, 6.07) is 8.90. The number of carbonyl (C=O) groups excluding carboxylic acids is 1. The van der Waals surface area contributed by atoms with Crippen molar-refractivity contribution in [2.75, 3.05) is 0 Å². The van der Waals surface area contributed by atoms with Crippen LogP contribution in [0.3, 0.4) is 0 Å². The van der Waals surface area contributed by atoms with Gasteiger partial charge in [-0.2, -0.15) is 13.2 Å². The molecule has 1 aliphatic carbocycles. The van der Waals surface area contributed by atoms with Crippen LogP contribution in [0.5, 0.6) is 0 Å². The molecule has 1 saturated carbocycles. The van der Waals surface area contributed by atoms with Crippen molar-refractivity contribution >= 4 is 17.4 Å². The van der Waals surface area contributed by atoms with Gasteiger partial charge >= 0.3 is 6.18 Å². The molecule has 0 aromatic heterocycles. The molecule has 1 atom stereocenters. The van der Waals surface area contributed by atoms with Crippen molar-refractivity contribution < 1.29 is 22.4 Å². The fourth-order valence-corrected chi connectivity index (χ4v) is 3.47. The lowest BCUT2D eigenvalue weighted by Gasteiger charge is -2.36. The standard InChI is InChI=1S/C21H19F4N3O/c1-12-17-8-7-15(21(23,24)25)11-18(17)26-20(14-5-6-14)28(12)27-19(29)10-13-3-2-4-16(22)9-13/h2-4,7-9,11-12,14H,5-6,10H2,1H3,(H,27,29). The number of nitrogens with zero attached hydrogens (tertiary/aromatic N) is 2. The minimum atomic E-state index is -4.44. The predicted molar refractivity (Wildman–Crippen MR) is 99.8 cm³/mol. The molecular weight excluding hydrogens is 386 g/mol. The molecular formula is C21H19F4N3O. The summed E-state index contributed by atoms with van der Waals surface area (Å²) in [7, 11) is 0. The van der Waals surface area contributed by atoms with E-state index >= 15 is 0 Å². The molecule has 1 fully saturated rings. The Hall–Kier alpha value is -2.90. The topological polar surface area (TPSA) is 44.7 Å². The van der Waals surface area contributed by atoms with Gasteiger partial charge in [-0.1, -0.05) is 18.2 Å². The van der Waals surface area contributed by atoms with Crippen LogP contribution >= 0.6 is 0 Å². The first kappa shape index (κ1) is 19.4. The van der Waals surface area contributed by atoms with E-state index in [9.17, 15) is 22.4 Å². The lowest BCUT2D eigenvalue weighted by atomic mass is 10.00. The molecule has 0 bridgehead atoms. The van der Waals surface area contributed by atoms with Crippen LogP contribution in [-0.4, -0.2) is 16.8 Å². The zero-order valence-corrected chi connectivity index (χ0v) is 15.6. The van der Waals surface area contributed by atoms with Crippen LogP contribution in [0.4, 0.5) is 23.2 Å². The summed E-state index contributed by atoms with van der Waals surface area (Å²) in [6.45, 7) is 1.81. The molecule has 4 rings (SSSR count). The summed E-state index contributed by atoms with van der Waals surface area (Å²) >= 11 is 0. The molecule has 2 aliphatic rings. The number of alkyl halides is 3. The van der Waals surface area contributed by atoms with Gasteiger partial charge in [-0.3, -0.25) is 15.2 Å². The van der Waals surface area contributed by atoms with E-state index in [2.05, 4.69) is 10.4 Å². The van der Waals surface area contributed by atoms with E-state index in [-0.39, 0.29) is 30.0 Å². The van der Waals surface area contributed by atoms with Gasteiger partial charge in [0.2, 0.25) is 5.91 Å². The van der Waals surface area contributed by atoms with Crippen LogP contribution in [0.25, 0.3) is 0 Å². The fourth-order valence-electron chi connectivity index (χ4n) is 3.47. The third-order valence-corrected chi connectivity index (χ3v) is 5.12. The molecule has 1 N–H and O–H groups in total. The number of halogens is 4. The number of amidine groups is 1. The molecule has 2 aromatic rings. The molecule has 152 valence electrons. The Kier molecular flexibility index (Phi) is 4.80. The summed E-state index contributed by atoms with van der Waals surface area (Å²) in [5.41, 5.74) is 3.49. The Balaban J connectivity index is 1.59. The summed E-state index contributed by atoms with van der Waals surface area (Å²) in [5, 5.41) is 1.63. The van der Waals surface area contributed by atoms with E-state index < -0.39 is 17.6 Å². The average Bonchev–Trinajstić information content (AvgIpc) is 3.48. The monoisotopic (exact) mass is 405 g/mol. The molecule has 0 saturated heterocycles. The van der Waals surface area contributed by atoms with Crippen LogP contribution in [0.15, 0.2) is 47.5 Å². The van der Waals surface area contributed by atoms with Crippen molar-refractivity contribution in [1.29, 1.82) is 0 Å². The van der Waals surface area contributed by atoms with Gasteiger partial charge in [0.1, 0.15) is 11.7 Å². The minimum absolute atomic E-state index is 0.0151. The van der Waals surface area contributed by atoms with Gasteiger partial charge in [0.15, 0.2) is 0 Å². The molecule has 2 aromatic carbocycles. The summed E-state index contributed by atoms with van der Waals surface area (Å²) in [4.78, 5) is 17.0. The van der Waals surface area contributed by atoms with Crippen molar-refractivity contribution in [2.45, 2.75) is 38.4 Å². The third kappa shape index (κ3) is 4.11. The van der Waals surface area contributed by atoms with Gasteiger partial charge in [0.05, 0.1) is 23.7 Å². The molecule has 29 heavy (non-hydrogen) atoms. The van der Waals surface area contributed by atoms with Crippen LogP contribution in [0, 0.1) is 11.7 Å². The Morgan fingerprint density at radius 3 is 2.62 bits per heavy atom. The highest BCUT2D eigenvalue weighted by atomic mass is 19.4. The Morgan fingerprint density at radius 1 is 1.21 bits per heavy atom. The highest BCUT2D eigenvalue weighted by molar-refractivity contribution is 5.93. The van der Waals surface area contributed by atoms with Crippen molar-refractivity contribution in [3.05, 3.63) is 65.0 Å². The lowest BCUT2D eigenvalue weighted by Crippen LogP contribution is -2.50. The number of benzene rings is 2. The smallest absolute Gasteiger partial charge is 0.273 e. The predicted octanol–water partition coefficient (Wildman–Crippen LogP) is 4.94. The van der Waals surface area contributed by atoms with Gasteiger partial charge in [0, 0.05) is 11.5 Å². The largest absolute Gasteiger partial charge is 0.416 e. The summed E-state index contributed by atoms with van der Waals surface area (Å²) < 4.78 is 52.5. The zero-order chi connectivity index (χ0) is 20.8. The van der Waals surface area contributed by atoms with Crippen molar-refractivity contribution in [2.24, 2.45) is 10.9 Å². The third-order valence-electron chi connectivity index (χ3n) is 5.12. The second kappa shape index (κ2) is 7.17. The number of carbonyl (C=O) groups is 1. The molecule has 4 nitrogen and oxygen atoms in total. The maximum absolute atomic E-state index is 13.4. The first-order chi connectivity index (χ1) is 13.7. The second-order valence-corrected chi connectivity index (χ2v) is 7.40. The Morgan fingerprint density at radius 2 is 1.97 bits per heavy atom. The number of hydrazine groups is 1. The van der Waals surface area contributed by atoms with Crippen LogP contribution < -0.4 is 5.43 Å². The second-order valence-electron chi connectivity index (χ2n) is 7.40. The summed E-state index contributed by atoms with van der Waals surface area (Å²) in [5.74, 6) is -0.0889. The van der Waals surface area contributed by atoms with E-state index in [1.165, 1.54) is 24.3 Å². The molecule has 1 unspecified atom stereocenters. The van der Waals surface area contributed by atoms with Crippen molar-refractivity contribution in [1.82, 2.24) is 10.4 Å². The fraction of sp³-hybridized carbons (Fsp3) is 0.333. The maximum atomic E-state index is 13.4. The SMILES string of the molecule is CC1c2ccc(C(F)(F)F)cc2N=C(C2CC2)N1NC(=O)Cc1cccc(F)c1. The highest BCUT2D eigenvalue weighted by Gasteiger charge is 2.39. The molecule has 1 aliphatic heterocycles. The Labute approximate surface area is 165 Å². The molecule has 1 heterocycles. The van der Waals surface area contributed by atoms with Crippen LogP contribution in [-0.2, 0) is 17.4 Å².